The van der Waals surface area contributed by atoms with E-state index in [4.69, 9.17) is 14.6 Å². The van der Waals surface area contributed by atoms with Crippen LogP contribution in [0.15, 0.2) is 24.3 Å². The Hall–Kier alpha value is -1.51. The predicted molar refractivity (Wildman–Crippen MR) is 66.2 cm³/mol. The van der Waals surface area contributed by atoms with Crippen molar-refractivity contribution in [2.45, 2.75) is 30.7 Å². The van der Waals surface area contributed by atoms with Gasteiger partial charge < -0.3 is 29.9 Å². The van der Waals surface area contributed by atoms with Gasteiger partial charge in [0.15, 0.2) is 0 Å². The second-order valence-electron chi connectivity index (χ2n) is 4.50. The molecule has 1 fully saturated rings. The summed E-state index contributed by atoms with van der Waals surface area (Å²) in [6.07, 6.45) is -5.94. The van der Waals surface area contributed by atoms with E-state index in [2.05, 4.69) is 0 Å². The summed E-state index contributed by atoms with van der Waals surface area (Å²) in [6, 6.07) is 6.05. The van der Waals surface area contributed by atoms with Gasteiger partial charge in [-0.2, -0.15) is 0 Å². The number of hydrogen-bond acceptors (Lipinski definition) is 7. The third-order valence-corrected chi connectivity index (χ3v) is 3.12. The molecule has 0 aliphatic carbocycles. The minimum Gasteiger partial charge on any atom is -0.462 e. The van der Waals surface area contributed by atoms with Crippen LogP contribution >= 0.6 is 0 Å². The maximum absolute atomic E-state index is 10.5. The first-order chi connectivity index (χ1) is 9.56. The molecule has 0 spiro atoms. The largest absolute Gasteiger partial charge is 0.462 e. The Bertz CT molecular complexity index is 445. The van der Waals surface area contributed by atoms with E-state index in [0.29, 0.717) is 17.6 Å². The summed E-state index contributed by atoms with van der Waals surface area (Å²) in [6.45, 7) is -0.519. The molecule has 7 nitrogen and oxygen atoms in total. The van der Waals surface area contributed by atoms with Gasteiger partial charge in [0.1, 0.15) is 36.5 Å². The first-order valence-electron chi connectivity index (χ1n) is 6.09. The lowest BCUT2D eigenvalue weighted by molar-refractivity contribution is -0.277. The summed E-state index contributed by atoms with van der Waals surface area (Å²) < 4.78 is 10.5. The molecule has 1 aromatic rings. The Morgan fingerprint density at radius 1 is 1.10 bits per heavy atom. The van der Waals surface area contributed by atoms with Gasteiger partial charge in [-0.05, 0) is 24.3 Å². The van der Waals surface area contributed by atoms with Crippen LogP contribution in [-0.2, 0) is 4.74 Å². The summed E-state index contributed by atoms with van der Waals surface area (Å²) in [4.78, 5) is 10.5. The number of hydrogen-bond donors (Lipinski definition) is 4. The predicted octanol–water partition coefficient (Wildman–Crippen LogP) is -1.32. The lowest BCUT2D eigenvalue weighted by atomic mass is 9.99. The van der Waals surface area contributed by atoms with Crippen molar-refractivity contribution in [3.05, 3.63) is 29.8 Å². The maximum Gasteiger partial charge on any atom is 0.229 e. The molecule has 0 radical (unpaired) electrons. The van der Waals surface area contributed by atoms with E-state index in [1.54, 1.807) is 0 Å². The van der Waals surface area contributed by atoms with Crippen LogP contribution in [0, 0.1) is 0 Å². The number of benzene rings is 1. The minimum absolute atomic E-state index is 0.319. The summed E-state index contributed by atoms with van der Waals surface area (Å²) in [5.74, 6) is 0.319. The summed E-state index contributed by atoms with van der Waals surface area (Å²) in [5, 5.41) is 38.1. The normalized spacial score (nSPS) is 33.7. The van der Waals surface area contributed by atoms with Crippen LogP contribution in [0.2, 0.25) is 0 Å². The van der Waals surface area contributed by atoms with Crippen molar-refractivity contribution in [3.63, 3.8) is 0 Å². The molecule has 20 heavy (non-hydrogen) atoms. The van der Waals surface area contributed by atoms with Gasteiger partial charge in [0.2, 0.25) is 6.29 Å². The van der Waals surface area contributed by atoms with E-state index in [9.17, 15) is 20.1 Å². The van der Waals surface area contributed by atoms with Gasteiger partial charge in [0.25, 0.3) is 0 Å². The lowest BCUT2D eigenvalue weighted by Crippen LogP contribution is -2.60. The highest BCUT2D eigenvalue weighted by Gasteiger charge is 2.44. The van der Waals surface area contributed by atoms with Crippen LogP contribution in [0.1, 0.15) is 10.4 Å². The minimum atomic E-state index is -1.49. The van der Waals surface area contributed by atoms with E-state index in [-0.39, 0.29) is 0 Å². The molecule has 2 rings (SSSR count). The number of carbonyl (C=O) groups is 1. The van der Waals surface area contributed by atoms with Crippen molar-refractivity contribution < 1.29 is 34.7 Å². The van der Waals surface area contributed by atoms with Crippen molar-refractivity contribution >= 4 is 6.29 Å². The molecule has 4 N–H and O–H groups in total. The average molecular weight is 284 g/mol. The summed E-state index contributed by atoms with van der Waals surface area (Å²) >= 11 is 0. The van der Waals surface area contributed by atoms with Gasteiger partial charge in [-0.25, -0.2) is 0 Å². The molecule has 0 unspecified atom stereocenters. The van der Waals surface area contributed by atoms with Crippen LogP contribution in [0.5, 0.6) is 5.75 Å². The zero-order chi connectivity index (χ0) is 14.7. The molecule has 1 heterocycles. The fraction of sp³-hybridized carbons (Fsp3) is 0.462. The Labute approximate surface area is 115 Å². The van der Waals surface area contributed by atoms with Crippen LogP contribution in [0.4, 0.5) is 0 Å². The van der Waals surface area contributed by atoms with Gasteiger partial charge in [-0.15, -0.1) is 0 Å². The molecule has 1 aromatic carbocycles. The topological polar surface area (TPSA) is 116 Å². The van der Waals surface area contributed by atoms with Crippen LogP contribution < -0.4 is 4.74 Å². The summed E-state index contributed by atoms with van der Waals surface area (Å²) in [7, 11) is 0. The monoisotopic (exact) mass is 284 g/mol. The summed E-state index contributed by atoms with van der Waals surface area (Å²) in [5.41, 5.74) is 0.464. The third-order valence-electron chi connectivity index (χ3n) is 3.12. The van der Waals surface area contributed by atoms with E-state index in [0.717, 1.165) is 0 Å². The number of carbonyl (C=O) groups excluding carboxylic acids is 1. The van der Waals surface area contributed by atoms with Crippen LogP contribution in [0.3, 0.4) is 0 Å². The molecule has 7 heteroatoms. The van der Waals surface area contributed by atoms with Crippen molar-refractivity contribution in [1.29, 1.82) is 0 Å². The number of rotatable bonds is 4. The van der Waals surface area contributed by atoms with E-state index in [1.807, 2.05) is 0 Å². The number of aliphatic hydroxyl groups is 4. The Kier molecular flexibility index (Phi) is 4.69. The molecule has 110 valence electrons. The Balaban J connectivity index is 2.08. The van der Waals surface area contributed by atoms with Gasteiger partial charge in [0.05, 0.1) is 6.61 Å². The molecule has 1 saturated heterocycles. The second kappa shape index (κ2) is 6.29. The fourth-order valence-electron chi connectivity index (χ4n) is 1.92. The molecule has 0 aromatic heterocycles. The molecule has 1 aliphatic heterocycles. The van der Waals surface area contributed by atoms with Gasteiger partial charge in [-0.3, -0.25) is 4.79 Å². The first kappa shape index (κ1) is 14.9. The Morgan fingerprint density at radius 2 is 1.75 bits per heavy atom. The first-order valence-corrected chi connectivity index (χ1v) is 6.09. The number of ether oxygens (including phenoxy) is 2. The molecular weight excluding hydrogens is 268 g/mol. The van der Waals surface area contributed by atoms with E-state index >= 15 is 0 Å². The average Bonchev–Trinajstić information content (AvgIpc) is 2.48. The van der Waals surface area contributed by atoms with Crippen molar-refractivity contribution in [2.75, 3.05) is 6.61 Å². The lowest BCUT2D eigenvalue weighted by Gasteiger charge is -2.39. The third kappa shape index (κ3) is 2.97. The van der Waals surface area contributed by atoms with E-state index < -0.39 is 37.3 Å². The standard InChI is InChI=1S/C13H16O7/c14-5-7-1-3-8(4-2-7)19-13-12(18)11(17)10(16)9(6-15)20-13/h1-5,9-13,15-18H,6H2/t9-,10-,11+,12-,13+/m1/s1. The highest BCUT2D eigenvalue weighted by molar-refractivity contribution is 5.74. The van der Waals surface area contributed by atoms with Gasteiger partial charge in [-0.1, -0.05) is 0 Å². The zero-order valence-electron chi connectivity index (χ0n) is 10.5. The van der Waals surface area contributed by atoms with Crippen molar-refractivity contribution in [3.8, 4) is 5.75 Å². The van der Waals surface area contributed by atoms with Gasteiger partial charge in [0, 0.05) is 5.56 Å². The molecule has 0 saturated carbocycles. The number of aliphatic hydroxyl groups excluding tert-OH is 4. The highest BCUT2D eigenvalue weighted by atomic mass is 16.7. The molecule has 0 bridgehead atoms. The fourth-order valence-corrected chi connectivity index (χ4v) is 1.92. The van der Waals surface area contributed by atoms with Crippen molar-refractivity contribution in [1.82, 2.24) is 0 Å². The molecule has 0 amide bonds. The smallest absolute Gasteiger partial charge is 0.229 e. The van der Waals surface area contributed by atoms with Crippen LogP contribution in [0.25, 0.3) is 0 Å². The maximum atomic E-state index is 10.5. The Morgan fingerprint density at radius 3 is 2.30 bits per heavy atom. The molecule has 1 aliphatic rings. The quantitative estimate of drug-likeness (QED) is 0.507. The van der Waals surface area contributed by atoms with Gasteiger partial charge >= 0.3 is 0 Å². The zero-order valence-corrected chi connectivity index (χ0v) is 10.5. The van der Waals surface area contributed by atoms with Crippen LogP contribution in [-0.4, -0.2) is 64.0 Å². The van der Waals surface area contributed by atoms with E-state index in [1.165, 1.54) is 24.3 Å². The highest BCUT2D eigenvalue weighted by Crippen LogP contribution is 2.24. The van der Waals surface area contributed by atoms with Crippen molar-refractivity contribution in [2.24, 2.45) is 0 Å². The number of aldehydes is 1. The second-order valence-corrected chi connectivity index (χ2v) is 4.50. The molecule has 5 atom stereocenters. The molecular formula is C13H16O7. The SMILES string of the molecule is O=Cc1ccc(O[C@H]2O[C@H](CO)[C@@H](O)[C@H](O)[C@H]2O)cc1.